The highest BCUT2D eigenvalue weighted by atomic mass is 32.1. The van der Waals surface area contributed by atoms with E-state index in [4.69, 9.17) is 9.47 Å². The lowest BCUT2D eigenvalue weighted by Gasteiger charge is -2.18. The van der Waals surface area contributed by atoms with Crippen LogP contribution in [0.5, 0.6) is 11.5 Å². The van der Waals surface area contributed by atoms with Gasteiger partial charge in [-0.2, -0.15) is 0 Å². The molecule has 1 aliphatic rings. The molecule has 134 valence electrons. The molecular weight excluding hydrogens is 348 g/mol. The van der Waals surface area contributed by atoms with Crippen LogP contribution in [-0.4, -0.2) is 23.1 Å². The number of fused-ring (bicyclic) bond motifs is 2. The van der Waals surface area contributed by atoms with E-state index in [1.165, 1.54) is 16.9 Å². The summed E-state index contributed by atoms with van der Waals surface area (Å²) in [4.78, 5) is 16.7. The van der Waals surface area contributed by atoms with Gasteiger partial charge < -0.3 is 9.47 Å². The molecule has 5 nitrogen and oxygen atoms in total. The van der Waals surface area contributed by atoms with Crippen LogP contribution in [0.1, 0.15) is 25.0 Å². The molecule has 0 saturated heterocycles. The lowest BCUT2D eigenvalue weighted by Crippen LogP contribution is -2.25. The molecule has 0 unspecified atom stereocenters. The normalized spacial score (nSPS) is 14.7. The van der Waals surface area contributed by atoms with Crippen molar-refractivity contribution in [3.63, 3.8) is 0 Å². The number of rotatable bonds is 4. The van der Waals surface area contributed by atoms with Gasteiger partial charge in [0.2, 0.25) is 0 Å². The number of ether oxygens (including phenoxy) is 2. The summed E-state index contributed by atoms with van der Waals surface area (Å²) in [5.41, 5.74) is 2.91. The van der Waals surface area contributed by atoms with Crippen LogP contribution in [0.3, 0.4) is 0 Å². The van der Waals surface area contributed by atoms with Gasteiger partial charge in [0.15, 0.2) is 23.2 Å². The Labute approximate surface area is 156 Å². The quantitative estimate of drug-likeness (QED) is 0.744. The molecule has 2 aromatic carbocycles. The SMILES string of the molecule is Cc1ccc2nc(NC(=O)COc3cccc4c3OC(C)(C)C4)sc2c1. The topological polar surface area (TPSA) is 60.5 Å². The molecule has 2 heterocycles. The van der Waals surface area contributed by atoms with E-state index in [-0.39, 0.29) is 18.1 Å². The van der Waals surface area contributed by atoms with Gasteiger partial charge in [-0.3, -0.25) is 10.1 Å². The average molecular weight is 368 g/mol. The van der Waals surface area contributed by atoms with Crippen molar-refractivity contribution in [2.24, 2.45) is 0 Å². The molecule has 1 aliphatic heterocycles. The molecule has 6 heteroatoms. The number of hydrogen-bond donors (Lipinski definition) is 1. The van der Waals surface area contributed by atoms with Gasteiger partial charge in [0.25, 0.3) is 5.91 Å². The molecule has 0 bridgehead atoms. The van der Waals surface area contributed by atoms with E-state index in [9.17, 15) is 4.79 Å². The number of nitrogens with zero attached hydrogens (tertiary/aromatic N) is 1. The number of hydrogen-bond acceptors (Lipinski definition) is 5. The summed E-state index contributed by atoms with van der Waals surface area (Å²) in [6.07, 6.45) is 0.830. The standard InChI is InChI=1S/C20H20N2O3S/c1-12-7-8-14-16(9-12)26-19(21-14)22-17(23)11-24-15-6-4-5-13-10-20(2,3)25-18(13)15/h4-9H,10-11H2,1-3H3,(H,21,22,23). The van der Waals surface area contributed by atoms with Gasteiger partial charge in [-0.15, -0.1) is 0 Å². The first kappa shape index (κ1) is 16.8. The molecular formula is C20H20N2O3S. The zero-order valence-electron chi connectivity index (χ0n) is 15.0. The Kier molecular flexibility index (Phi) is 4.07. The molecule has 0 atom stereocenters. The molecule has 4 rings (SSSR count). The zero-order valence-corrected chi connectivity index (χ0v) is 15.8. The van der Waals surface area contributed by atoms with Crippen LogP contribution in [0.25, 0.3) is 10.2 Å². The maximum absolute atomic E-state index is 12.2. The van der Waals surface area contributed by atoms with Crippen molar-refractivity contribution in [1.29, 1.82) is 0 Å². The lowest BCUT2D eigenvalue weighted by atomic mass is 10.0. The predicted octanol–water partition coefficient (Wildman–Crippen LogP) is 4.34. The largest absolute Gasteiger partial charge is 0.483 e. The average Bonchev–Trinajstić information content (AvgIpc) is 3.10. The summed E-state index contributed by atoms with van der Waals surface area (Å²) in [5, 5.41) is 3.39. The molecule has 26 heavy (non-hydrogen) atoms. The maximum Gasteiger partial charge on any atom is 0.264 e. The molecule has 0 fully saturated rings. The van der Waals surface area contributed by atoms with E-state index in [1.807, 2.05) is 51.1 Å². The van der Waals surface area contributed by atoms with Crippen LogP contribution in [0.15, 0.2) is 36.4 Å². The van der Waals surface area contributed by atoms with Crippen molar-refractivity contribution >= 4 is 32.6 Å². The van der Waals surface area contributed by atoms with E-state index < -0.39 is 0 Å². The Bertz CT molecular complexity index is 994. The van der Waals surface area contributed by atoms with E-state index in [2.05, 4.69) is 16.4 Å². The summed E-state index contributed by atoms with van der Waals surface area (Å²) in [5.74, 6) is 1.10. The number of nitrogens with one attached hydrogen (secondary N) is 1. The fraction of sp³-hybridized carbons (Fsp3) is 0.300. The first-order valence-electron chi connectivity index (χ1n) is 8.50. The third-order valence-corrected chi connectivity index (χ3v) is 5.14. The number of benzene rings is 2. The second-order valence-electron chi connectivity index (χ2n) is 7.11. The van der Waals surface area contributed by atoms with Gasteiger partial charge in [0, 0.05) is 12.0 Å². The van der Waals surface area contributed by atoms with Crippen molar-refractivity contribution in [2.75, 3.05) is 11.9 Å². The summed E-state index contributed by atoms with van der Waals surface area (Å²) in [6.45, 7) is 6.03. The number of aromatic nitrogens is 1. The minimum atomic E-state index is -0.247. The summed E-state index contributed by atoms with van der Waals surface area (Å²) >= 11 is 1.46. The molecule has 0 saturated carbocycles. The van der Waals surface area contributed by atoms with E-state index in [0.29, 0.717) is 10.9 Å². The Morgan fingerprint density at radius 1 is 1.35 bits per heavy atom. The van der Waals surface area contributed by atoms with Gasteiger partial charge in [-0.05, 0) is 44.5 Å². The highest BCUT2D eigenvalue weighted by Crippen LogP contribution is 2.41. The van der Waals surface area contributed by atoms with Crippen LogP contribution in [-0.2, 0) is 11.2 Å². The number of anilines is 1. The minimum Gasteiger partial charge on any atom is -0.483 e. The van der Waals surface area contributed by atoms with Gasteiger partial charge in [0.05, 0.1) is 10.2 Å². The number of carbonyl (C=O) groups excluding carboxylic acids is 1. The van der Waals surface area contributed by atoms with Crippen molar-refractivity contribution in [3.05, 3.63) is 47.5 Å². The minimum absolute atomic E-state index is 0.0881. The monoisotopic (exact) mass is 368 g/mol. The fourth-order valence-electron chi connectivity index (χ4n) is 3.08. The first-order valence-corrected chi connectivity index (χ1v) is 9.32. The van der Waals surface area contributed by atoms with Crippen molar-refractivity contribution in [2.45, 2.75) is 32.8 Å². The Hall–Kier alpha value is -2.60. The summed E-state index contributed by atoms with van der Waals surface area (Å²) < 4.78 is 12.7. The number of thiazole rings is 1. The molecule has 0 radical (unpaired) electrons. The zero-order chi connectivity index (χ0) is 18.3. The molecule has 1 N–H and O–H groups in total. The van der Waals surface area contributed by atoms with E-state index >= 15 is 0 Å². The van der Waals surface area contributed by atoms with Gasteiger partial charge in [-0.25, -0.2) is 4.98 Å². The van der Waals surface area contributed by atoms with Crippen LogP contribution < -0.4 is 14.8 Å². The van der Waals surface area contributed by atoms with Crippen LogP contribution in [0, 0.1) is 6.92 Å². The van der Waals surface area contributed by atoms with E-state index in [0.717, 1.165) is 28.0 Å². The number of amides is 1. The molecule has 0 aliphatic carbocycles. The second-order valence-corrected chi connectivity index (χ2v) is 8.14. The van der Waals surface area contributed by atoms with Gasteiger partial charge >= 0.3 is 0 Å². The van der Waals surface area contributed by atoms with Crippen LogP contribution in [0.4, 0.5) is 5.13 Å². The Morgan fingerprint density at radius 3 is 3.04 bits per heavy atom. The summed E-state index contributed by atoms with van der Waals surface area (Å²) in [6, 6.07) is 11.8. The number of aryl methyl sites for hydroxylation is 1. The highest BCUT2D eigenvalue weighted by molar-refractivity contribution is 7.22. The predicted molar refractivity (Wildman–Crippen MR) is 103 cm³/mol. The number of para-hydroxylation sites is 1. The second kappa shape index (κ2) is 6.29. The first-order chi connectivity index (χ1) is 12.4. The molecule has 0 spiro atoms. The fourth-order valence-corrected chi connectivity index (χ4v) is 4.07. The molecule has 1 amide bonds. The van der Waals surface area contributed by atoms with Gasteiger partial charge in [-0.1, -0.05) is 29.5 Å². The van der Waals surface area contributed by atoms with Crippen molar-refractivity contribution in [1.82, 2.24) is 4.98 Å². The molecule has 3 aromatic rings. The smallest absolute Gasteiger partial charge is 0.264 e. The third kappa shape index (κ3) is 3.37. The third-order valence-electron chi connectivity index (χ3n) is 4.20. The van der Waals surface area contributed by atoms with E-state index in [1.54, 1.807) is 0 Å². The van der Waals surface area contributed by atoms with Crippen LogP contribution in [0.2, 0.25) is 0 Å². The van der Waals surface area contributed by atoms with Crippen LogP contribution >= 0.6 is 11.3 Å². The summed E-state index contributed by atoms with van der Waals surface area (Å²) in [7, 11) is 0. The Morgan fingerprint density at radius 2 is 2.19 bits per heavy atom. The van der Waals surface area contributed by atoms with Gasteiger partial charge in [0.1, 0.15) is 5.60 Å². The highest BCUT2D eigenvalue weighted by Gasteiger charge is 2.32. The number of carbonyl (C=O) groups is 1. The maximum atomic E-state index is 12.2. The van der Waals surface area contributed by atoms with Crippen molar-refractivity contribution < 1.29 is 14.3 Å². The molecule has 1 aromatic heterocycles. The van der Waals surface area contributed by atoms with Crippen molar-refractivity contribution in [3.8, 4) is 11.5 Å². The Balaban J connectivity index is 1.42. The lowest BCUT2D eigenvalue weighted by molar-refractivity contribution is -0.118.